The van der Waals surface area contributed by atoms with Gasteiger partial charge in [0.1, 0.15) is 11.5 Å². The van der Waals surface area contributed by atoms with Crippen LogP contribution in [0.2, 0.25) is 5.15 Å². The van der Waals surface area contributed by atoms with Gasteiger partial charge in [-0.3, -0.25) is 0 Å². The molecule has 2 aromatic heterocycles. The lowest BCUT2D eigenvalue weighted by atomic mass is 10.2. The number of nitrogens with one attached hydrogen (secondary N) is 1. The molecule has 0 radical (unpaired) electrons. The highest BCUT2D eigenvalue weighted by molar-refractivity contribution is 7.19. The second kappa shape index (κ2) is 4.85. The summed E-state index contributed by atoms with van der Waals surface area (Å²) in [5.41, 5.74) is 0.799. The fourth-order valence-corrected chi connectivity index (χ4v) is 2.91. The minimum absolute atomic E-state index is 0.146. The van der Waals surface area contributed by atoms with Crippen LogP contribution in [-0.4, -0.2) is 27.2 Å². The van der Waals surface area contributed by atoms with Crippen molar-refractivity contribution < 1.29 is 9.90 Å². The molecule has 0 aromatic carbocycles. The number of carbonyl (C=O) groups is 1. The molecule has 7 heteroatoms. The quantitative estimate of drug-likeness (QED) is 0.841. The van der Waals surface area contributed by atoms with Crippen LogP contribution in [0, 0.1) is 0 Å². The second-order valence-corrected chi connectivity index (χ2v) is 5.14. The number of amides is 1. The van der Waals surface area contributed by atoms with Gasteiger partial charge in [-0.2, -0.15) is 0 Å². The maximum atomic E-state index is 10.5. The molecule has 0 aliphatic heterocycles. The Hall–Kier alpha value is -1.40. The van der Waals surface area contributed by atoms with Crippen molar-refractivity contribution in [3.63, 3.8) is 0 Å². The minimum atomic E-state index is -1.02. The number of thiophene rings is 1. The molecule has 2 aromatic rings. The van der Waals surface area contributed by atoms with Gasteiger partial charge < -0.3 is 10.4 Å². The van der Waals surface area contributed by atoms with E-state index in [4.69, 9.17) is 16.7 Å². The van der Waals surface area contributed by atoms with E-state index < -0.39 is 6.09 Å². The number of carboxylic acid groups (broad SMARTS) is 1. The summed E-state index contributed by atoms with van der Waals surface area (Å²) in [7, 11) is 0. The molecule has 0 aliphatic rings. The molecule has 0 fully saturated rings. The Bertz CT molecular complexity index is 557. The van der Waals surface area contributed by atoms with Gasteiger partial charge in [-0.1, -0.05) is 11.6 Å². The Morgan fingerprint density at radius 3 is 3.06 bits per heavy atom. The van der Waals surface area contributed by atoms with Crippen molar-refractivity contribution in [2.75, 3.05) is 0 Å². The zero-order chi connectivity index (χ0) is 12.4. The van der Waals surface area contributed by atoms with Crippen LogP contribution in [0.5, 0.6) is 0 Å². The van der Waals surface area contributed by atoms with Gasteiger partial charge in [0.25, 0.3) is 0 Å². The first-order chi connectivity index (χ1) is 8.06. The van der Waals surface area contributed by atoms with E-state index in [1.165, 1.54) is 17.7 Å². The molecule has 17 heavy (non-hydrogen) atoms. The molecule has 1 amide bonds. The summed E-state index contributed by atoms with van der Waals surface area (Å²) < 4.78 is 0.840. The molecule has 2 N–H and O–H groups in total. The number of halogens is 1. The predicted molar refractivity (Wildman–Crippen MR) is 66.8 cm³/mol. The molecule has 90 valence electrons. The van der Waals surface area contributed by atoms with Gasteiger partial charge in [0.15, 0.2) is 0 Å². The third-order valence-electron chi connectivity index (χ3n) is 2.20. The van der Waals surface area contributed by atoms with Crippen LogP contribution >= 0.6 is 22.9 Å². The van der Waals surface area contributed by atoms with E-state index in [9.17, 15) is 4.79 Å². The zero-order valence-electron chi connectivity index (χ0n) is 8.98. The van der Waals surface area contributed by atoms with Crippen LogP contribution in [0.4, 0.5) is 4.79 Å². The molecule has 0 saturated carbocycles. The smallest absolute Gasteiger partial charge is 0.404 e. The standard InChI is InChI=1S/C10H10ClN3O2S/c1-5(14-10(15)16)2-6-3-7-8(17-6)9(11)13-4-12-7/h3-5,14H,2H2,1H3,(H,15,16)/t5-/m0/s1. The first-order valence-electron chi connectivity index (χ1n) is 4.94. The number of hydrogen-bond donors (Lipinski definition) is 2. The van der Waals surface area contributed by atoms with Gasteiger partial charge in [0.05, 0.1) is 10.2 Å². The summed E-state index contributed by atoms with van der Waals surface area (Å²) in [5, 5.41) is 11.4. The third-order valence-corrected chi connectivity index (χ3v) is 3.75. The highest BCUT2D eigenvalue weighted by Gasteiger charge is 2.11. The average Bonchev–Trinajstić information content (AvgIpc) is 2.60. The van der Waals surface area contributed by atoms with E-state index in [1.807, 2.05) is 13.0 Å². The molecule has 5 nitrogen and oxygen atoms in total. The van der Waals surface area contributed by atoms with Crippen LogP contribution in [0.15, 0.2) is 12.4 Å². The summed E-state index contributed by atoms with van der Waals surface area (Å²) >= 11 is 7.43. The lowest BCUT2D eigenvalue weighted by Crippen LogP contribution is -2.32. The maximum absolute atomic E-state index is 10.5. The van der Waals surface area contributed by atoms with E-state index in [0.717, 1.165) is 15.1 Å². The van der Waals surface area contributed by atoms with Crippen molar-refractivity contribution in [2.24, 2.45) is 0 Å². The monoisotopic (exact) mass is 271 g/mol. The number of aromatic nitrogens is 2. The Balaban J connectivity index is 2.20. The van der Waals surface area contributed by atoms with Crippen LogP contribution in [0.3, 0.4) is 0 Å². The Kier molecular flexibility index (Phi) is 3.44. The summed E-state index contributed by atoms with van der Waals surface area (Å²) in [6, 6.07) is 1.76. The largest absolute Gasteiger partial charge is 0.465 e. The zero-order valence-corrected chi connectivity index (χ0v) is 10.5. The van der Waals surface area contributed by atoms with Gasteiger partial charge in [0.2, 0.25) is 0 Å². The molecular weight excluding hydrogens is 262 g/mol. The Labute approximate surface area is 106 Å². The lowest BCUT2D eigenvalue weighted by Gasteiger charge is -2.08. The minimum Gasteiger partial charge on any atom is -0.465 e. The highest BCUT2D eigenvalue weighted by Crippen LogP contribution is 2.29. The van der Waals surface area contributed by atoms with Crippen LogP contribution in [0.25, 0.3) is 10.2 Å². The van der Waals surface area contributed by atoms with Crippen molar-refractivity contribution in [3.05, 3.63) is 22.4 Å². The van der Waals surface area contributed by atoms with Crippen molar-refractivity contribution in [1.29, 1.82) is 0 Å². The Morgan fingerprint density at radius 2 is 2.41 bits per heavy atom. The number of rotatable bonds is 3. The summed E-state index contributed by atoms with van der Waals surface area (Å²) in [4.78, 5) is 19.5. The van der Waals surface area contributed by atoms with E-state index in [0.29, 0.717) is 11.6 Å². The van der Waals surface area contributed by atoms with Gasteiger partial charge >= 0.3 is 6.09 Å². The maximum Gasteiger partial charge on any atom is 0.404 e. The van der Waals surface area contributed by atoms with E-state index in [2.05, 4.69) is 15.3 Å². The topological polar surface area (TPSA) is 75.1 Å². The molecule has 0 saturated heterocycles. The SMILES string of the molecule is C[C@@H](Cc1cc2ncnc(Cl)c2s1)NC(=O)O. The number of nitrogens with zero attached hydrogens (tertiary/aromatic N) is 2. The van der Waals surface area contributed by atoms with E-state index >= 15 is 0 Å². The summed E-state index contributed by atoms with van der Waals surface area (Å²) in [6.45, 7) is 1.81. The first kappa shape index (κ1) is 12.1. The predicted octanol–water partition coefficient (Wildman–Crippen LogP) is 2.54. The van der Waals surface area contributed by atoms with Crippen molar-refractivity contribution >= 4 is 39.2 Å². The number of fused-ring (bicyclic) bond motifs is 1. The highest BCUT2D eigenvalue weighted by atomic mass is 35.5. The molecule has 2 heterocycles. The fraction of sp³-hybridized carbons (Fsp3) is 0.300. The molecular formula is C10H10ClN3O2S. The third kappa shape index (κ3) is 2.83. The molecule has 2 rings (SSSR count). The van der Waals surface area contributed by atoms with Crippen LogP contribution < -0.4 is 5.32 Å². The average molecular weight is 272 g/mol. The van der Waals surface area contributed by atoms with Gasteiger partial charge in [-0.15, -0.1) is 11.3 Å². The molecule has 0 spiro atoms. The van der Waals surface area contributed by atoms with E-state index in [-0.39, 0.29) is 6.04 Å². The second-order valence-electron chi connectivity index (χ2n) is 3.65. The molecule has 0 aliphatic carbocycles. The van der Waals surface area contributed by atoms with Crippen LogP contribution in [0.1, 0.15) is 11.8 Å². The van der Waals surface area contributed by atoms with Gasteiger partial charge in [0, 0.05) is 17.3 Å². The first-order valence-corrected chi connectivity index (χ1v) is 6.14. The normalized spacial score (nSPS) is 12.6. The van der Waals surface area contributed by atoms with E-state index in [1.54, 1.807) is 0 Å². The van der Waals surface area contributed by atoms with Crippen molar-refractivity contribution in [3.8, 4) is 0 Å². The summed E-state index contributed by atoms with van der Waals surface area (Å²) in [6.07, 6.45) is 1.01. The fourth-order valence-electron chi connectivity index (χ4n) is 1.54. The van der Waals surface area contributed by atoms with Crippen LogP contribution in [-0.2, 0) is 6.42 Å². The Morgan fingerprint density at radius 1 is 1.65 bits per heavy atom. The van der Waals surface area contributed by atoms with Crippen molar-refractivity contribution in [2.45, 2.75) is 19.4 Å². The van der Waals surface area contributed by atoms with Crippen molar-refractivity contribution in [1.82, 2.24) is 15.3 Å². The molecule has 0 unspecified atom stereocenters. The summed E-state index contributed by atoms with van der Waals surface area (Å²) in [5.74, 6) is 0. The van der Waals surface area contributed by atoms with Gasteiger partial charge in [-0.25, -0.2) is 14.8 Å². The number of hydrogen-bond acceptors (Lipinski definition) is 4. The van der Waals surface area contributed by atoms with Gasteiger partial charge in [-0.05, 0) is 13.0 Å². The molecule has 0 bridgehead atoms. The molecule has 1 atom stereocenters. The lowest BCUT2D eigenvalue weighted by molar-refractivity contribution is 0.191.